The molecule has 2 aromatic carbocycles. The zero-order valence-electron chi connectivity index (χ0n) is 18.5. The number of rotatable bonds is 10. The third-order valence-corrected chi connectivity index (χ3v) is 7.26. The van der Waals surface area contributed by atoms with Crippen molar-refractivity contribution in [3.8, 4) is 0 Å². The van der Waals surface area contributed by atoms with Gasteiger partial charge in [-0.2, -0.15) is 0 Å². The van der Waals surface area contributed by atoms with Gasteiger partial charge in [-0.05, 0) is 49.2 Å². The van der Waals surface area contributed by atoms with Crippen molar-refractivity contribution in [3.05, 3.63) is 62.5 Å². The van der Waals surface area contributed by atoms with E-state index in [4.69, 9.17) is 23.2 Å². The molecule has 0 bridgehead atoms. The predicted octanol–water partition coefficient (Wildman–Crippen LogP) is 4.47. The van der Waals surface area contributed by atoms with Crippen LogP contribution in [0, 0.1) is 0 Å². The molecule has 0 saturated heterocycles. The second kappa shape index (κ2) is 12.1. The van der Waals surface area contributed by atoms with Gasteiger partial charge in [0.1, 0.15) is 12.6 Å². The fourth-order valence-electron chi connectivity index (χ4n) is 3.02. The van der Waals surface area contributed by atoms with Gasteiger partial charge in [-0.25, -0.2) is 8.42 Å². The van der Waals surface area contributed by atoms with Crippen LogP contribution in [0.5, 0.6) is 0 Å². The van der Waals surface area contributed by atoms with Crippen molar-refractivity contribution in [2.45, 2.75) is 32.9 Å². The minimum atomic E-state index is -3.84. The Hall–Kier alpha value is -1.81. The third-order valence-electron chi connectivity index (χ3n) is 4.85. The first kappa shape index (κ1) is 27.4. The molecule has 0 radical (unpaired) electrons. The van der Waals surface area contributed by atoms with E-state index < -0.39 is 28.5 Å². The van der Waals surface area contributed by atoms with Crippen LogP contribution < -0.4 is 9.62 Å². The summed E-state index contributed by atoms with van der Waals surface area (Å²) in [5, 5.41) is 3.21. The van der Waals surface area contributed by atoms with E-state index in [1.165, 1.54) is 23.1 Å². The summed E-state index contributed by atoms with van der Waals surface area (Å²) in [5.41, 5.74) is 0.995. The predicted molar refractivity (Wildman–Crippen MR) is 136 cm³/mol. The summed E-state index contributed by atoms with van der Waals surface area (Å²) in [6.45, 7) is 3.65. The van der Waals surface area contributed by atoms with E-state index in [0.717, 1.165) is 27.0 Å². The number of nitrogens with one attached hydrogen (secondary N) is 1. The molecule has 0 aliphatic heterocycles. The van der Waals surface area contributed by atoms with E-state index in [0.29, 0.717) is 6.54 Å². The van der Waals surface area contributed by atoms with Gasteiger partial charge in [-0.15, -0.1) is 0 Å². The number of hydrogen-bond donors (Lipinski definition) is 1. The Balaban J connectivity index is 2.38. The molecule has 2 aromatic rings. The standard InChI is InChI=1S/C22H26BrCl2N3O4S/c1-4-11-26-22(30)15(2)27(13-16-5-7-17(23)8-6-16)21(29)14-28(33(3,31)32)18-9-10-19(24)20(25)12-18/h5-10,12,15H,4,11,13-14H2,1-3H3,(H,26,30)/t15-/m0/s1. The highest BCUT2D eigenvalue weighted by Crippen LogP contribution is 2.28. The van der Waals surface area contributed by atoms with Crippen molar-refractivity contribution in [3.63, 3.8) is 0 Å². The van der Waals surface area contributed by atoms with Crippen LogP contribution in [-0.2, 0) is 26.2 Å². The van der Waals surface area contributed by atoms with Crippen molar-refractivity contribution in [2.24, 2.45) is 0 Å². The van der Waals surface area contributed by atoms with Gasteiger partial charge in [0.2, 0.25) is 21.8 Å². The molecule has 0 heterocycles. The number of amides is 2. The highest BCUT2D eigenvalue weighted by Gasteiger charge is 2.30. The van der Waals surface area contributed by atoms with E-state index in [2.05, 4.69) is 21.2 Å². The molecule has 1 atom stereocenters. The topological polar surface area (TPSA) is 86.8 Å². The first-order valence-electron chi connectivity index (χ1n) is 10.2. The van der Waals surface area contributed by atoms with Crippen LogP contribution in [0.25, 0.3) is 0 Å². The quantitative estimate of drug-likeness (QED) is 0.451. The lowest BCUT2D eigenvalue weighted by atomic mass is 10.1. The number of carbonyl (C=O) groups excluding carboxylic acids is 2. The summed E-state index contributed by atoms with van der Waals surface area (Å²) in [7, 11) is -3.84. The zero-order chi connectivity index (χ0) is 24.8. The van der Waals surface area contributed by atoms with Crippen LogP contribution in [0.1, 0.15) is 25.8 Å². The summed E-state index contributed by atoms with van der Waals surface area (Å²) in [5.74, 6) is -0.851. The molecule has 11 heteroatoms. The fraction of sp³-hybridized carbons (Fsp3) is 0.364. The SMILES string of the molecule is CCCNC(=O)[C@H](C)N(Cc1ccc(Br)cc1)C(=O)CN(c1ccc(Cl)c(Cl)c1)S(C)(=O)=O. The highest BCUT2D eigenvalue weighted by molar-refractivity contribution is 9.10. The molecule has 1 N–H and O–H groups in total. The maximum absolute atomic E-state index is 13.4. The second-order valence-corrected chi connectivity index (χ2v) is 11.1. The van der Waals surface area contributed by atoms with Gasteiger partial charge in [-0.3, -0.25) is 13.9 Å². The lowest BCUT2D eigenvalue weighted by Gasteiger charge is -2.31. The smallest absolute Gasteiger partial charge is 0.244 e. The summed E-state index contributed by atoms with van der Waals surface area (Å²) < 4.78 is 26.9. The van der Waals surface area contributed by atoms with Crippen molar-refractivity contribution < 1.29 is 18.0 Å². The van der Waals surface area contributed by atoms with Gasteiger partial charge >= 0.3 is 0 Å². The monoisotopic (exact) mass is 577 g/mol. The molecule has 0 aromatic heterocycles. The van der Waals surface area contributed by atoms with Crippen LogP contribution in [0.2, 0.25) is 10.0 Å². The normalized spacial score (nSPS) is 12.2. The maximum Gasteiger partial charge on any atom is 0.244 e. The fourth-order valence-corrected chi connectivity index (χ4v) is 4.42. The van der Waals surface area contributed by atoms with Crippen LogP contribution in [-0.4, -0.2) is 50.5 Å². The Morgan fingerprint density at radius 2 is 1.73 bits per heavy atom. The Bertz CT molecular complexity index is 1100. The largest absolute Gasteiger partial charge is 0.354 e. The third kappa shape index (κ3) is 7.88. The number of nitrogens with zero attached hydrogens (tertiary/aromatic N) is 2. The van der Waals surface area contributed by atoms with Crippen LogP contribution >= 0.6 is 39.1 Å². The number of halogens is 3. The van der Waals surface area contributed by atoms with Crippen molar-refractivity contribution in [1.29, 1.82) is 0 Å². The van der Waals surface area contributed by atoms with E-state index >= 15 is 0 Å². The molecule has 0 aliphatic rings. The molecular formula is C22H26BrCl2N3O4S. The molecule has 0 saturated carbocycles. The number of hydrogen-bond acceptors (Lipinski definition) is 4. The lowest BCUT2D eigenvalue weighted by molar-refractivity contribution is -0.139. The van der Waals surface area contributed by atoms with Gasteiger partial charge in [0.25, 0.3) is 0 Å². The summed E-state index contributed by atoms with van der Waals surface area (Å²) >= 11 is 15.4. The first-order chi connectivity index (χ1) is 15.4. The average Bonchev–Trinajstić information content (AvgIpc) is 2.76. The maximum atomic E-state index is 13.4. The minimum absolute atomic E-state index is 0.131. The summed E-state index contributed by atoms with van der Waals surface area (Å²) in [6.07, 6.45) is 1.75. The molecule has 0 spiro atoms. The molecule has 0 fully saturated rings. The molecule has 0 aliphatic carbocycles. The zero-order valence-corrected chi connectivity index (χ0v) is 22.4. The molecule has 2 amide bonds. The molecule has 0 unspecified atom stereocenters. The summed E-state index contributed by atoms with van der Waals surface area (Å²) in [4.78, 5) is 27.4. The van der Waals surface area contributed by atoms with Crippen molar-refractivity contribution in [1.82, 2.24) is 10.2 Å². The van der Waals surface area contributed by atoms with Gasteiger partial charge in [-0.1, -0.05) is 58.2 Å². The Labute approximate surface area is 213 Å². The van der Waals surface area contributed by atoms with Gasteiger partial charge in [0.15, 0.2) is 0 Å². The van der Waals surface area contributed by atoms with Crippen LogP contribution in [0.4, 0.5) is 5.69 Å². The van der Waals surface area contributed by atoms with E-state index in [-0.39, 0.29) is 28.2 Å². The molecule has 7 nitrogen and oxygen atoms in total. The van der Waals surface area contributed by atoms with Crippen LogP contribution in [0.15, 0.2) is 46.9 Å². The molecule has 2 rings (SSSR count). The molecule has 180 valence electrons. The van der Waals surface area contributed by atoms with E-state index in [1.807, 2.05) is 31.2 Å². The van der Waals surface area contributed by atoms with Crippen molar-refractivity contribution >= 4 is 66.7 Å². The molecular weight excluding hydrogens is 553 g/mol. The Kier molecular flexibility index (Phi) is 10.0. The van der Waals surface area contributed by atoms with Crippen LogP contribution in [0.3, 0.4) is 0 Å². The first-order valence-corrected chi connectivity index (χ1v) is 13.6. The second-order valence-electron chi connectivity index (χ2n) is 7.48. The number of carbonyl (C=O) groups is 2. The summed E-state index contributed by atoms with van der Waals surface area (Å²) in [6, 6.07) is 10.8. The van der Waals surface area contributed by atoms with Gasteiger partial charge in [0.05, 0.1) is 22.0 Å². The Morgan fingerprint density at radius 1 is 1.09 bits per heavy atom. The molecule has 33 heavy (non-hydrogen) atoms. The average molecular weight is 579 g/mol. The van der Waals surface area contributed by atoms with Gasteiger partial charge in [0, 0.05) is 17.6 Å². The minimum Gasteiger partial charge on any atom is -0.354 e. The van der Waals surface area contributed by atoms with Gasteiger partial charge < -0.3 is 10.2 Å². The number of anilines is 1. The van der Waals surface area contributed by atoms with E-state index in [9.17, 15) is 18.0 Å². The lowest BCUT2D eigenvalue weighted by Crippen LogP contribution is -2.51. The van der Waals surface area contributed by atoms with E-state index in [1.54, 1.807) is 6.92 Å². The number of sulfonamides is 1. The Morgan fingerprint density at radius 3 is 2.27 bits per heavy atom. The van der Waals surface area contributed by atoms with Crippen molar-refractivity contribution in [2.75, 3.05) is 23.7 Å². The highest BCUT2D eigenvalue weighted by atomic mass is 79.9. The number of benzene rings is 2.